The number of alkyl halides is 2. The predicted octanol–water partition coefficient (Wildman–Crippen LogP) is 3.91. The lowest BCUT2D eigenvalue weighted by Crippen LogP contribution is -2.02. The van der Waals surface area contributed by atoms with Crippen molar-refractivity contribution < 1.29 is 18.3 Å². The van der Waals surface area contributed by atoms with Gasteiger partial charge in [-0.1, -0.05) is 12.1 Å². The van der Waals surface area contributed by atoms with Crippen LogP contribution in [0.3, 0.4) is 0 Å². The molecule has 5 heteroatoms. The quantitative estimate of drug-likeness (QED) is 0.869. The standard InChI is InChI=1S/C15H15F2NO2/c1-19-13-6-2-11(3-7-13)10-18-12-4-8-14(9-5-12)20-15(16)17/h2-9,15,18H,10H2,1H3. The first-order valence-electron chi connectivity index (χ1n) is 6.09. The molecule has 2 aromatic carbocycles. The highest BCUT2D eigenvalue weighted by atomic mass is 19.3. The highest BCUT2D eigenvalue weighted by Gasteiger charge is 2.03. The van der Waals surface area contributed by atoms with E-state index in [0.29, 0.717) is 6.54 Å². The molecule has 0 unspecified atom stereocenters. The van der Waals surface area contributed by atoms with Gasteiger partial charge < -0.3 is 14.8 Å². The van der Waals surface area contributed by atoms with Crippen molar-refractivity contribution in [2.24, 2.45) is 0 Å². The van der Waals surface area contributed by atoms with Gasteiger partial charge in [0, 0.05) is 12.2 Å². The summed E-state index contributed by atoms with van der Waals surface area (Å²) in [5.41, 5.74) is 1.93. The maximum Gasteiger partial charge on any atom is 0.387 e. The maximum absolute atomic E-state index is 12.0. The third-order valence-electron chi connectivity index (χ3n) is 2.74. The van der Waals surface area contributed by atoms with Crippen molar-refractivity contribution >= 4 is 5.69 Å². The summed E-state index contributed by atoms with van der Waals surface area (Å²) in [6.07, 6.45) is 0. The summed E-state index contributed by atoms with van der Waals surface area (Å²) in [5.74, 6) is 0.956. The van der Waals surface area contributed by atoms with Crippen LogP contribution in [0.25, 0.3) is 0 Å². The summed E-state index contributed by atoms with van der Waals surface area (Å²) in [7, 11) is 1.62. The van der Waals surface area contributed by atoms with Crippen molar-refractivity contribution in [1.29, 1.82) is 0 Å². The molecule has 20 heavy (non-hydrogen) atoms. The van der Waals surface area contributed by atoms with Crippen molar-refractivity contribution in [3.63, 3.8) is 0 Å². The van der Waals surface area contributed by atoms with Crippen LogP contribution in [0.1, 0.15) is 5.56 Å². The zero-order chi connectivity index (χ0) is 14.4. The van der Waals surface area contributed by atoms with Crippen molar-refractivity contribution in [2.45, 2.75) is 13.2 Å². The molecular formula is C15H15F2NO2. The van der Waals surface area contributed by atoms with E-state index >= 15 is 0 Å². The molecule has 106 valence electrons. The van der Waals surface area contributed by atoms with E-state index < -0.39 is 6.61 Å². The Balaban J connectivity index is 1.89. The van der Waals surface area contributed by atoms with Gasteiger partial charge >= 0.3 is 6.61 Å². The smallest absolute Gasteiger partial charge is 0.387 e. The van der Waals surface area contributed by atoms with Gasteiger partial charge in [-0.2, -0.15) is 8.78 Å². The van der Waals surface area contributed by atoms with Crippen LogP contribution < -0.4 is 14.8 Å². The van der Waals surface area contributed by atoms with Gasteiger partial charge in [0.05, 0.1) is 7.11 Å². The Bertz CT molecular complexity index is 527. The zero-order valence-electron chi connectivity index (χ0n) is 11.0. The number of hydrogen-bond acceptors (Lipinski definition) is 3. The van der Waals surface area contributed by atoms with Crippen molar-refractivity contribution in [3.05, 3.63) is 54.1 Å². The van der Waals surface area contributed by atoms with Gasteiger partial charge in [-0.3, -0.25) is 0 Å². The summed E-state index contributed by atoms with van der Waals surface area (Å²) in [4.78, 5) is 0. The molecule has 0 spiro atoms. The number of rotatable bonds is 6. The first kappa shape index (κ1) is 14.1. The van der Waals surface area contributed by atoms with Gasteiger partial charge in [-0.15, -0.1) is 0 Å². The lowest BCUT2D eigenvalue weighted by Gasteiger charge is -2.09. The van der Waals surface area contributed by atoms with E-state index in [-0.39, 0.29) is 5.75 Å². The molecule has 0 bridgehead atoms. The molecular weight excluding hydrogens is 264 g/mol. The molecule has 1 N–H and O–H groups in total. The average molecular weight is 279 g/mol. The van der Waals surface area contributed by atoms with Crippen LogP contribution in [0.4, 0.5) is 14.5 Å². The molecule has 0 saturated heterocycles. The minimum Gasteiger partial charge on any atom is -0.497 e. The number of nitrogens with one attached hydrogen (secondary N) is 1. The van der Waals surface area contributed by atoms with Crippen molar-refractivity contribution in [2.75, 3.05) is 12.4 Å². The number of benzene rings is 2. The van der Waals surface area contributed by atoms with Crippen LogP contribution in [0.15, 0.2) is 48.5 Å². The molecule has 0 aliphatic rings. The molecule has 0 radical (unpaired) electrons. The van der Waals surface area contributed by atoms with Crippen LogP contribution in [-0.2, 0) is 6.54 Å². The fourth-order valence-corrected chi connectivity index (χ4v) is 1.70. The van der Waals surface area contributed by atoms with Crippen LogP contribution in [0.2, 0.25) is 0 Å². The molecule has 0 saturated carbocycles. The summed E-state index contributed by atoms with van der Waals surface area (Å²) in [6.45, 7) is -2.16. The average Bonchev–Trinajstić information content (AvgIpc) is 2.46. The molecule has 3 nitrogen and oxygen atoms in total. The molecule has 0 amide bonds. The fraction of sp³-hybridized carbons (Fsp3) is 0.200. The van der Waals surface area contributed by atoms with Gasteiger partial charge in [-0.25, -0.2) is 0 Å². The van der Waals surface area contributed by atoms with Gasteiger partial charge in [0.15, 0.2) is 0 Å². The fourth-order valence-electron chi connectivity index (χ4n) is 1.70. The van der Waals surface area contributed by atoms with Crippen molar-refractivity contribution in [1.82, 2.24) is 0 Å². The third kappa shape index (κ3) is 4.12. The van der Waals surface area contributed by atoms with E-state index in [1.807, 2.05) is 24.3 Å². The van der Waals surface area contributed by atoms with Gasteiger partial charge in [0.1, 0.15) is 11.5 Å². The minimum absolute atomic E-state index is 0.148. The SMILES string of the molecule is COc1ccc(CNc2ccc(OC(F)F)cc2)cc1. The first-order valence-corrected chi connectivity index (χ1v) is 6.09. The Morgan fingerprint density at radius 3 is 2.10 bits per heavy atom. The molecule has 0 atom stereocenters. The van der Waals surface area contributed by atoms with Gasteiger partial charge in [0.25, 0.3) is 0 Å². The highest BCUT2D eigenvalue weighted by molar-refractivity contribution is 5.47. The Kier molecular flexibility index (Phi) is 4.76. The minimum atomic E-state index is -2.80. The summed E-state index contributed by atoms with van der Waals surface area (Å²) >= 11 is 0. The van der Waals surface area contributed by atoms with Gasteiger partial charge in [-0.05, 0) is 42.0 Å². The normalized spacial score (nSPS) is 10.4. The monoisotopic (exact) mass is 279 g/mol. The largest absolute Gasteiger partial charge is 0.497 e. The lowest BCUT2D eigenvalue weighted by molar-refractivity contribution is -0.0498. The van der Waals surface area contributed by atoms with E-state index in [0.717, 1.165) is 17.0 Å². The number of hydrogen-bond donors (Lipinski definition) is 1. The summed E-state index contributed by atoms with van der Waals surface area (Å²) in [5, 5.41) is 3.20. The molecule has 0 fully saturated rings. The predicted molar refractivity (Wildman–Crippen MR) is 73.4 cm³/mol. The molecule has 0 aliphatic heterocycles. The first-order chi connectivity index (χ1) is 9.67. The summed E-state index contributed by atoms with van der Waals surface area (Å²) < 4.78 is 33.4. The summed E-state index contributed by atoms with van der Waals surface area (Å²) in [6, 6.07) is 14.1. The number of ether oxygens (including phenoxy) is 2. The highest BCUT2D eigenvalue weighted by Crippen LogP contribution is 2.18. The van der Waals surface area contributed by atoms with Crippen molar-refractivity contribution in [3.8, 4) is 11.5 Å². The Labute approximate surface area is 116 Å². The van der Waals surface area contributed by atoms with E-state index in [4.69, 9.17) is 4.74 Å². The van der Waals surface area contributed by atoms with Crippen LogP contribution in [0, 0.1) is 0 Å². The second kappa shape index (κ2) is 6.75. The van der Waals surface area contributed by atoms with E-state index in [1.165, 1.54) is 12.1 Å². The van der Waals surface area contributed by atoms with E-state index in [1.54, 1.807) is 19.2 Å². The molecule has 0 heterocycles. The third-order valence-corrected chi connectivity index (χ3v) is 2.74. The molecule has 0 aliphatic carbocycles. The number of anilines is 1. The zero-order valence-corrected chi connectivity index (χ0v) is 11.0. The lowest BCUT2D eigenvalue weighted by atomic mass is 10.2. The van der Waals surface area contributed by atoms with Crippen LogP contribution in [-0.4, -0.2) is 13.7 Å². The molecule has 2 rings (SSSR count). The second-order valence-electron chi connectivity index (χ2n) is 4.10. The van der Waals surface area contributed by atoms with Crippen LogP contribution in [0.5, 0.6) is 11.5 Å². The Morgan fingerprint density at radius 2 is 1.55 bits per heavy atom. The number of methoxy groups -OCH3 is 1. The number of halogens is 2. The van der Waals surface area contributed by atoms with E-state index in [9.17, 15) is 8.78 Å². The Hall–Kier alpha value is -2.30. The maximum atomic E-state index is 12.0. The second-order valence-corrected chi connectivity index (χ2v) is 4.10. The van der Waals surface area contributed by atoms with Gasteiger partial charge in [0.2, 0.25) is 0 Å². The molecule has 0 aromatic heterocycles. The van der Waals surface area contributed by atoms with E-state index in [2.05, 4.69) is 10.1 Å². The molecule has 2 aromatic rings. The topological polar surface area (TPSA) is 30.5 Å². The van der Waals surface area contributed by atoms with Crippen LogP contribution >= 0.6 is 0 Å². The Morgan fingerprint density at radius 1 is 0.950 bits per heavy atom.